The molecule has 2 atom stereocenters. The summed E-state index contributed by atoms with van der Waals surface area (Å²) in [6, 6.07) is 0.0764. The second-order valence-corrected chi connectivity index (χ2v) is 2.32. The van der Waals surface area contributed by atoms with Gasteiger partial charge in [-0.25, -0.2) is 4.39 Å². The van der Waals surface area contributed by atoms with E-state index in [-0.39, 0.29) is 6.04 Å². The molecule has 2 nitrogen and oxygen atoms in total. The molecule has 0 bridgehead atoms. The molecule has 0 aliphatic carbocycles. The van der Waals surface area contributed by atoms with E-state index in [1.165, 1.54) is 0 Å². The third-order valence-electron chi connectivity index (χ3n) is 1.62. The Balaban J connectivity index is 2.44. The van der Waals surface area contributed by atoms with Crippen LogP contribution in [0.5, 0.6) is 0 Å². The molecule has 0 radical (unpaired) electrons. The topological polar surface area (TPSA) is 29.1 Å². The fourth-order valence-corrected chi connectivity index (χ4v) is 0.976. The number of carbonyl (C=O) groups excluding carboxylic acids is 1. The Hall–Kier alpha value is -0.600. The highest BCUT2D eigenvalue weighted by molar-refractivity contribution is 5.83. The number of nitrogens with one attached hydrogen (secondary N) is 1. The highest BCUT2D eigenvalue weighted by atomic mass is 19.1. The van der Waals surface area contributed by atoms with E-state index in [1.807, 2.05) is 6.92 Å². The summed E-state index contributed by atoms with van der Waals surface area (Å²) in [5.41, 5.74) is 0. The zero-order chi connectivity index (χ0) is 6.85. The van der Waals surface area contributed by atoms with E-state index >= 15 is 0 Å². The number of rotatable bonds is 1. The normalized spacial score (nSPS) is 34.7. The predicted octanol–water partition coefficient (Wildman–Crippen LogP) is 0.623. The van der Waals surface area contributed by atoms with Crippen LogP contribution in [0.3, 0.4) is 0 Å². The lowest BCUT2D eigenvalue weighted by Crippen LogP contribution is -2.25. The molecule has 1 heterocycles. The van der Waals surface area contributed by atoms with Crippen molar-refractivity contribution in [1.29, 1.82) is 0 Å². The van der Waals surface area contributed by atoms with Gasteiger partial charge in [0.25, 0.3) is 5.91 Å². The van der Waals surface area contributed by atoms with Gasteiger partial charge in [-0.1, -0.05) is 6.92 Å². The van der Waals surface area contributed by atoms with Gasteiger partial charge in [0.05, 0.1) is 0 Å². The van der Waals surface area contributed by atoms with Crippen LogP contribution in [0, 0.1) is 0 Å². The Morgan fingerprint density at radius 3 is 2.78 bits per heavy atom. The molecule has 1 N–H and O–H groups in total. The molecule has 52 valence electrons. The minimum Gasteiger partial charge on any atom is -0.351 e. The SMILES string of the molecule is CCC1CC(F)C(=O)N1. The second-order valence-electron chi connectivity index (χ2n) is 2.32. The Labute approximate surface area is 53.4 Å². The van der Waals surface area contributed by atoms with Crippen LogP contribution in [0.4, 0.5) is 4.39 Å². The van der Waals surface area contributed by atoms with Crippen LogP contribution >= 0.6 is 0 Å². The van der Waals surface area contributed by atoms with Gasteiger partial charge in [0, 0.05) is 12.5 Å². The Morgan fingerprint density at radius 2 is 2.56 bits per heavy atom. The average Bonchev–Trinajstić information content (AvgIpc) is 2.13. The maximum atomic E-state index is 12.3. The molecule has 0 saturated carbocycles. The molecule has 1 rings (SSSR count). The van der Waals surface area contributed by atoms with Crippen molar-refractivity contribution in [1.82, 2.24) is 5.32 Å². The van der Waals surface area contributed by atoms with Crippen molar-refractivity contribution >= 4 is 5.91 Å². The lowest BCUT2D eigenvalue weighted by Gasteiger charge is -2.01. The number of hydrogen-bond acceptors (Lipinski definition) is 1. The van der Waals surface area contributed by atoms with Gasteiger partial charge in [0.2, 0.25) is 0 Å². The zero-order valence-electron chi connectivity index (χ0n) is 5.36. The van der Waals surface area contributed by atoms with E-state index in [1.54, 1.807) is 0 Å². The van der Waals surface area contributed by atoms with Crippen LogP contribution in [0.1, 0.15) is 19.8 Å². The summed E-state index contributed by atoms with van der Waals surface area (Å²) in [6.07, 6.45) is -0.0726. The number of carbonyl (C=O) groups is 1. The first-order valence-electron chi connectivity index (χ1n) is 3.18. The van der Waals surface area contributed by atoms with Crippen molar-refractivity contribution in [3.05, 3.63) is 0 Å². The average molecular weight is 131 g/mol. The highest BCUT2D eigenvalue weighted by Crippen LogP contribution is 2.12. The van der Waals surface area contributed by atoms with Crippen molar-refractivity contribution in [2.45, 2.75) is 32.0 Å². The van der Waals surface area contributed by atoms with Crippen LogP contribution in [0.15, 0.2) is 0 Å². The van der Waals surface area contributed by atoms with Crippen LogP contribution in [0.25, 0.3) is 0 Å². The minimum atomic E-state index is -1.25. The van der Waals surface area contributed by atoms with Gasteiger partial charge in [-0.3, -0.25) is 4.79 Å². The third kappa shape index (κ3) is 1.20. The molecule has 9 heavy (non-hydrogen) atoms. The zero-order valence-corrected chi connectivity index (χ0v) is 5.36. The van der Waals surface area contributed by atoms with Gasteiger partial charge in [-0.05, 0) is 6.42 Å². The number of alkyl halides is 1. The van der Waals surface area contributed by atoms with Crippen molar-refractivity contribution in [3.63, 3.8) is 0 Å². The molecule has 0 aromatic rings. The van der Waals surface area contributed by atoms with Gasteiger partial charge in [0.1, 0.15) is 0 Å². The molecular formula is C6H10FNO. The first kappa shape index (κ1) is 6.52. The summed E-state index contributed by atoms with van der Waals surface area (Å²) in [4.78, 5) is 10.5. The Kier molecular flexibility index (Phi) is 1.69. The maximum absolute atomic E-state index is 12.3. The van der Waals surface area contributed by atoms with Gasteiger partial charge >= 0.3 is 0 Å². The van der Waals surface area contributed by atoms with Gasteiger partial charge in [0.15, 0.2) is 6.17 Å². The van der Waals surface area contributed by atoms with E-state index in [0.717, 1.165) is 6.42 Å². The van der Waals surface area contributed by atoms with E-state index in [2.05, 4.69) is 5.32 Å². The molecule has 0 aromatic carbocycles. The van der Waals surface area contributed by atoms with E-state index in [9.17, 15) is 9.18 Å². The van der Waals surface area contributed by atoms with Crippen molar-refractivity contribution < 1.29 is 9.18 Å². The summed E-state index contributed by atoms with van der Waals surface area (Å²) in [5, 5.41) is 2.54. The fraction of sp³-hybridized carbons (Fsp3) is 0.833. The molecule has 1 aliphatic heterocycles. The van der Waals surface area contributed by atoms with E-state index in [0.29, 0.717) is 6.42 Å². The minimum absolute atomic E-state index is 0.0764. The van der Waals surface area contributed by atoms with Crippen molar-refractivity contribution in [2.24, 2.45) is 0 Å². The van der Waals surface area contributed by atoms with Crippen LogP contribution < -0.4 is 5.32 Å². The third-order valence-corrected chi connectivity index (χ3v) is 1.62. The first-order chi connectivity index (χ1) is 4.24. The maximum Gasteiger partial charge on any atom is 0.254 e. The summed E-state index contributed by atoms with van der Waals surface area (Å²) in [6.45, 7) is 1.93. The number of amides is 1. The Morgan fingerprint density at radius 1 is 1.89 bits per heavy atom. The number of hydrogen-bond donors (Lipinski definition) is 1. The van der Waals surface area contributed by atoms with Gasteiger partial charge in [-0.15, -0.1) is 0 Å². The molecule has 2 unspecified atom stereocenters. The van der Waals surface area contributed by atoms with Crippen LogP contribution in [0.2, 0.25) is 0 Å². The van der Waals surface area contributed by atoms with E-state index < -0.39 is 12.1 Å². The molecule has 3 heteroatoms. The lowest BCUT2D eigenvalue weighted by atomic mass is 10.2. The Bertz CT molecular complexity index is 126. The quantitative estimate of drug-likeness (QED) is 0.555. The molecule has 1 aliphatic rings. The summed E-state index contributed by atoms with van der Waals surface area (Å²) < 4.78 is 12.3. The molecule has 1 amide bonds. The van der Waals surface area contributed by atoms with E-state index in [4.69, 9.17) is 0 Å². The predicted molar refractivity (Wildman–Crippen MR) is 31.7 cm³/mol. The summed E-state index contributed by atoms with van der Waals surface area (Å²) in [7, 11) is 0. The monoisotopic (exact) mass is 131 g/mol. The van der Waals surface area contributed by atoms with Crippen molar-refractivity contribution in [2.75, 3.05) is 0 Å². The summed E-state index contributed by atoms with van der Waals surface area (Å²) in [5.74, 6) is -0.443. The molecule has 0 spiro atoms. The largest absolute Gasteiger partial charge is 0.351 e. The fourth-order valence-electron chi connectivity index (χ4n) is 0.976. The number of halogens is 1. The first-order valence-corrected chi connectivity index (χ1v) is 3.18. The molecule has 0 aromatic heterocycles. The molecule has 1 saturated heterocycles. The van der Waals surface area contributed by atoms with Crippen LogP contribution in [-0.4, -0.2) is 18.1 Å². The molecular weight excluding hydrogens is 121 g/mol. The summed E-state index contributed by atoms with van der Waals surface area (Å²) >= 11 is 0. The van der Waals surface area contributed by atoms with Gasteiger partial charge < -0.3 is 5.32 Å². The van der Waals surface area contributed by atoms with Crippen molar-refractivity contribution in [3.8, 4) is 0 Å². The van der Waals surface area contributed by atoms with Gasteiger partial charge in [-0.2, -0.15) is 0 Å². The standard InChI is InChI=1S/C6H10FNO/c1-2-4-3-5(7)6(9)8-4/h4-5H,2-3H2,1H3,(H,8,9). The lowest BCUT2D eigenvalue weighted by molar-refractivity contribution is -0.123. The highest BCUT2D eigenvalue weighted by Gasteiger charge is 2.29. The second kappa shape index (κ2) is 2.33. The smallest absolute Gasteiger partial charge is 0.254 e. The molecule has 1 fully saturated rings. The van der Waals surface area contributed by atoms with Crippen LogP contribution in [-0.2, 0) is 4.79 Å².